The van der Waals surface area contributed by atoms with Crippen LogP contribution in [0, 0.1) is 19.8 Å². The van der Waals surface area contributed by atoms with Crippen molar-refractivity contribution in [2.24, 2.45) is 10.9 Å². The summed E-state index contributed by atoms with van der Waals surface area (Å²) in [5.74, 6) is -1.12. The fraction of sp³-hybridized carbons (Fsp3) is 0.571. The summed E-state index contributed by atoms with van der Waals surface area (Å²) in [5, 5.41) is 4.83. The topological polar surface area (TPSA) is 42.5 Å². The van der Waals surface area contributed by atoms with Crippen molar-refractivity contribution in [2.75, 3.05) is 6.54 Å². The maximum absolute atomic E-state index is 13.0. The second-order valence-electron chi connectivity index (χ2n) is 8.37. The average molecular weight is 390 g/mol. The number of nitrogens with zero attached hydrogens (tertiary/aromatic N) is 4. The number of halogens is 3. The van der Waals surface area contributed by atoms with Gasteiger partial charge in [-0.25, -0.2) is 9.50 Å². The van der Waals surface area contributed by atoms with Crippen molar-refractivity contribution in [2.45, 2.75) is 64.0 Å². The molecular weight excluding hydrogens is 365 g/mol. The van der Waals surface area contributed by atoms with Crippen LogP contribution in [0.5, 0.6) is 0 Å². The number of rotatable bonds is 2. The van der Waals surface area contributed by atoms with Crippen molar-refractivity contribution in [1.82, 2.24) is 14.6 Å². The Morgan fingerprint density at radius 3 is 2.46 bits per heavy atom. The van der Waals surface area contributed by atoms with Crippen LogP contribution in [0.3, 0.4) is 0 Å². The van der Waals surface area contributed by atoms with Crippen molar-refractivity contribution < 1.29 is 13.2 Å². The summed E-state index contributed by atoms with van der Waals surface area (Å²) in [4.78, 5) is 9.12. The fourth-order valence-electron chi connectivity index (χ4n) is 4.57. The molecule has 0 radical (unpaired) electrons. The maximum atomic E-state index is 13.0. The van der Waals surface area contributed by atoms with Gasteiger partial charge in [-0.05, 0) is 58.1 Å². The molecule has 3 heterocycles. The van der Waals surface area contributed by atoms with Crippen molar-refractivity contribution in [3.8, 4) is 0 Å². The van der Waals surface area contributed by atoms with E-state index in [1.165, 1.54) is 0 Å². The van der Waals surface area contributed by atoms with Crippen LogP contribution in [-0.2, 0) is 5.41 Å². The monoisotopic (exact) mass is 390 g/mol. The van der Waals surface area contributed by atoms with E-state index >= 15 is 0 Å². The summed E-state index contributed by atoms with van der Waals surface area (Å²) in [6, 6.07) is 1.95. The Morgan fingerprint density at radius 1 is 1.14 bits per heavy atom. The van der Waals surface area contributed by atoms with E-state index in [0.29, 0.717) is 19.4 Å². The number of aliphatic imine (C=N–C) groups is 1. The van der Waals surface area contributed by atoms with Gasteiger partial charge in [-0.1, -0.05) is 6.08 Å². The van der Waals surface area contributed by atoms with Gasteiger partial charge in [0, 0.05) is 29.3 Å². The number of hydrogen-bond acceptors (Lipinski definition) is 3. The zero-order valence-electron chi connectivity index (χ0n) is 16.4. The number of fused-ring (bicyclic) bond motifs is 1. The normalized spacial score (nSPS) is 28.2. The van der Waals surface area contributed by atoms with Crippen molar-refractivity contribution in [1.29, 1.82) is 0 Å². The molecule has 0 bridgehead atoms. The third kappa shape index (κ3) is 3.25. The fourth-order valence-corrected chi connectivity index (χ4v) is 4.57. The number of alkyl halides is 3. The molecule has 2 aromatic rings. The molecule has 4 rings (SSSR count). The van der Waals surface area contributed by atoms with Gasteiger partial charge in [0.2, 0.25) is 0 Å². The smallest absolute Gasteiger partial charge is 0.292 e. The molecule has 4 nitrogen and oxygen atoms in total. The van der Waals surface area contributed by atoms with Crippen LogP contribution in [-0.4, -0.2) is 33.5 Å². The highest BCUT2D eigenvalue weighted by Crippen LogP contribution is 2.43. The van der Waals surface area contributed by atoms with Gasteiger partial charge < -0.3 is 0 Å². The van der Waals surface area contributed by atoms with Crippen LogP contribution < -0.4 is 0 Å². The van der Waals surface area contributed by atoms with E-state index in [0.717, 1.165) is 28.3 Å². The molecule has 0 spiro atoms. The minimum absolute atomic E-state index is 0.0569. The number of aryl methyl sites for hydroxylation is 1. The lowest BCUT2D eigenvalue weighted by Crippen LogP contribution is -2.30. The molecule has 150 valence electrons. The van der Waals surface area contributed by atoms with Crippen molar-refractivity contribution in [3.05, 3.63) is 40.9 Å². The summed E-state index contributed by atoms with van der Waals surface area (Å²) < 4.78 is 40.8. The van der Waals surface area contributed by atoms with Gasteiger partial charge in [-0.3, -0.25) is 4.99 Å². The number of dihydropyridines is 1. The third-order valence-corrected chi connectivity index (χ3v) is 6.33. The quantitative estimate of drug-likeness (QED) is 0.718. The maximum Gasteiger partial charge on any atom is 0.391 e. The lowest BCUT2D eigenvalue weighted by Gasteiger charge is -2.29. The van der Waals surface area contributed by atoms with Crippen LogP contribution in [0.4, 0.5) is 13.2 Å². The van der Waals surface area contributed by atoms with Gasteiger partial charge in [-0.15, -0.1) is 0 Å². The molecule has 1 aliphatic heterocycles. The summed E-state index contributed by atoms with van der Waals surface area (Å²) in [6.07, 6.45) is 3.19. The Kier molecular flexibility index (Phi) is 4.59. The van der Waals surface area contributed by atoms with E-state index in [9.17, 15) is 13.2 Å². The largest absolute Gasteiger partial charge is 0.391 e. The number of allylic oxidation sites excluding steroid dienone is 1. The molecule has 2 aromatic heterocycles. The summed E-state index contributed by atoms with van der Waals surface area (Å²) in [6.45, 7) is 6.80. The molecule has 0 N–H and O–H groups in total. The van der Waals surface area contributed by atoms with Gasteiger partial charge in [-0.2, -0.15) is 18.3 Å². The Labute approximate surface area is 162 Å². The van der Waals surface area contributed by atoms with Crippen LogP contribution >= 0.6 is 0 Å². The van der Waals surface area contributed by atoms with E-state index in [1.54, 1.807) is 6.21 Å². The predicted octanol–water partition coefficient (Wildman–Crippen LogP) is 5.08. The van der Waals surface area contributed by atoms with E-state index in [4.69, 9.17) is 5.10 Å². The zero-order chi connectivity index (χ0) is 20.1. The lowest BCUT2D eigenvalue weighted by atomic mass is 9.80. The van der Waals surface area contributed by atoms with E-state index in [1.807, 2.05) is 30.5 Å². The van der Waals surface area contributed by atoms with Gasteiger partial charge >= 0.3 is 6.18 Å². The first-order valence-corrected chi connectivity index (χ1v) is 9.81. The first-order valence-electron chi connectivity index (χ1n) is 9.81. The van der Waals surface area contributed by atoms with E-state index in [-0.39, 0.29) is 24.2 Å². The Hall–Kier alpha value is -2.18. The molecular formula is C21H25F3N4. The van der Waals surface area contributed by atoms with Gasteiger partial charge in [0.1, 0.15) is 0 Å². The van der Waals surface area contributed by atoms with Crippen LogP contribution in [0.25, 0.3) is 5.65 Å². The SMILES string of the molecule is Cc1nc2cc(C3CCC(C(F)(F)F)CC3)nn2c([C@]2(C)C=CC=NC2)c1C. The average Bonchev–Trinajstić information content (AvgIpc) is 3.05. The Morgan fingerprint density at radius 2 is 1.86 bits per heavy atom. The van der Waals surface area contributed by atoms with Gasteiger partial charge in [0.05, 0.1) is 23.9 Å². The molecule has 2 aliphatic rings. The van der Waals surface area contributed by atoms with Crippen LogP contribution in [0.1, 0.15) is 61.2 Å². The highest BCUT2D eigenvalue weighted by Gasteiger charge is 2.42. The molecule has 1 atom stereocenters. The predicted molar refractivity (Wildman–Crippen MR) is 103 cm³/mol. The van der Waals surface area contributed by atoms with E-state index < -0.39 is 12.1 Å². The van der Waals surface area contributed by atoms with Crippen molar-refractivity contribution in [3.63, 3.8) is 0 Å². The molecule has 1 aliphatic carbocycles. The van der Waals surface area contributed by atoms with Gasteiger partial charge in [0.15, 0.2) is 5.65 Å². The number of aromatic nitrogens is 3. The van der Waals surface area contributed by atoms with Crippen LogP contribution in [0.2, 0.25) is 0 Å². The Bertz CT molecular complexity index is 949. The molecule has 0 amide bonds. The highest BCUT2D eigenvalue weighted by molar-refractivity contribution is 5.73. The van der Waals surface area contributed by atoms with Crippen LogP contribution in [0.15, 0.2) is 23.2 Å². The molecule has 0 aromatic carbocycles. The van der Waals surface area contributed by atoms with Gasteiger partial charge in [0.25, 0.3) is 0 Å². The molecule has 28 heavy (non-hydrogen) atoms. The summed E-state index contributed by atoms with van der Waals surface area (Å²) >= 11 is 0. The summed E-state index contributed by atoms with van der Waals surface area (Å²) in [7, 11) is 0. The Balaban J connectivity index is 1.71. The second-order valence-corrected chi connectivity index (χ2v) is 8.37. The molecule has 1 saturated carbocycles. The molecule has 7 heteroatoms. The minimum Gasteiger partial charge on any atom is -0.292 e. The zero-order valence-corrected chi connectivity index (χ0v) is 16.4. The highest BCUT2D eigenvalue weighted by atomic mass is 19.4. The number of hydrogen-bond donors (Lipinski definition) is 0. The standard InChI is InChI=1S/C21H25F3N4/c1-13-14(2)26-18-11-17(15-5-7-16(8-6-15)21(22,23)24)27-28(18)19(13)20(3)9-4-10-25-12-20/h4,9-11,15-16H,5-8,12H2,1-3H3/t15?,16?,20-/m1/s1. The molecule has 0 unspecified atom stereocenters. The first-order chi connectivity index (χ1) is 13.2. The lowest BCUT2D eigenvalue weighted by molar-refractivity contribution is -0.182. The third-order valence-electron chi connectivity index (χ3n) is 6.33. The molecule has 1 fully saturated rings. The summed E-state index contributed by atoms with van der Waals surface area (Å²) in [5.41, 5.74) is 4.40. The van der Waals surface area contributed by atoms with E-state index in [2.05, 4.69) is 23.0 Å². The minimum atomic E-state index is -4.09. The second kappa shape index (κ2) is 6.71. The van der Waals surface area contributed by atoms with Crippen molar-refractivity contribution >= 4 is 11.9 Å². The first kappa shape index (κ1) is 19.2. The molecule has 0 saturated heterocycles.